The molecule has 7 atom stereocenters. The van der Waals surface area contributed by atoms with E-state index in [0.29, 0.717) is 17.9 Å². The Morgan fingerprint density at radius 1 is 1.00 bits per heavy atom. The zero-order chi connectivity index (χ0) is 29.7. The maximum absolute atomic E-state index is 14.5. The summed E-state index contributed by atoms with van der Waals surface area (Å²) < 4.78 is 11.1. The number of allylic oxidation sites excluding steroid dienone is 4. The Morgan fingerprint density at radius 2 is 1.65 bits per heavy atom. The Labute approximate surface area is 240 Å². The number of hydrogen-bond acceptors (Lipinski definition) is 5. The molecular formula is C34H47NO5. The summed E-state index contributed by atoms with van der Waals surface area (Å²) in [5, 5.41) is 0. The first-order chi connectivity index (χ1) is 18.4. The summed E-state index contributed by atoms with van der Waals surface area (Å²) in [6.45, 7) is 25.0. The predicted octanol–water partition coefficient (Wildman–Crippen LogP) is 7.44. The zero-order valence-electron chi connectivity index (χ0n) is 26.0. The topological polar surface area (TPSA) is 74.0 Å². The van der Waals surface area contributed by atoms with E-state index >= 15 is 0 Å². The fraction of sp³-hybridized carbons (Fsp3) is 0.765. The molecule has 0 bridgehead atoms. The van der Waals surface area contributed by atoms with Crippen molar-refractivity contribution >= 4 is 17.7 Å². The van der Waals surface area contributed by atoms with E-state index in [9.17, 15) is 14.4 Å². The molecule has 0 saturated heterocycles. The molecule has 0 amide bonds. The van der Waals surface area contributed by atoms with E-state index in [2.05, 4.69) is 53.3 Å². The number of rotatable bonds is 2. The molecule has 3 fully saturated rings. The average Bonchev–Trinajstić information content (AvgIpc) is 2.86. The van der Waals surface area contributed by atoms with Crippen molar-refractivity contribution in [2.45, 2.75) is 107 Å². The molecule has 0 N–H and O–H groups in total. The first-order valence-corrected chi connectivity index (χ1v) is 15.1. The lowest BCUT2D eigenvalue weighted by Gasteiger charge is -2.69. The van der Waals surface area contributed by atoms with Crippen LogP contribution in [0.1, 0.15) is 107 Å². The second kappa shape index (κ2) is 8.79. The van der Waals surface area contributed by atoms with Gasteiger partial charge in [0, 0.05) is 18.3 Å². The van der Waals surface area contributed by atoms with Crippen LogP contribution in [0, 0.1) is 56.8 Å². The largest absolute Gasteiger partial charge is 0.469 e. The van der Waals surface area contributed by atoms with Crippen LogP contribution in [-0.4, -0.2) is 24.8 Å². The van der Waals surface area contributed by atoms with Crippen molar-refractivity contribution in [3.05, 3.63) is 34.5 Å². The predicted molar refractivity (Wildman–Crippen MR) is 152 cm³/mol. The molecular weight excluding hydrogens is 502 g/mol. The average molecular weight is 550 g/mol. The number of fused-ring (bicyclic) bond motifs is 7. The molecule has 40 heavy (non-hydrogen) atoms. The molecule has 0 aromatic heterocycles. The van der Waals surface area contributed by atoms with Crippen molar-refractivity contribution in [2.75, 3.05) is 7.11 Å². The first kappa shape index (κ1) is 29.1. The molecule has 0 spiro atoms. The van der Waals surface area contributed by atoms with Crippen LogP contribution in [0.5, 0.6) is 0 Å². The van der Waals surface area contributed by atoms with E-state index in [1.165, 1.54) is 14.0 Å². The van der Waals surface area contributed by atoms with E-state index in [1.54, 1.807) is 0 Å². The molecule has 0 aliphatic heterocycles. The number of nitrogens with zero attached hydrogens (tertiary/aromatic N) is 1. The summed E-state index contributed by atoms with van der Waals surface area (Å²) in [4.78, 5) is 43.9. The van der Waals surface area contributed by atoms with Crippen LogP contribution >= 0.6 is 0 Å². The summed E-state index contributed by atoms with van der Waals surface area (Å²) in [6, 6.07) is 0. The minimum Gasteiger partial charge on any atom is -0.469 e. The Hall–Kier alpha value is -2.42. The van der Waals surface area contributed by atoms with Gasteiger partial charge in [-0.2, -0.15) is 0 Å². The van der Waals surface area contributed by atoms with Crippen molar-refractivity contribution in [2.24, 2.45) is 50.2 Å². The summed E-state index contributed by atoms with van der Waals surface area (Å²) >= 11 is 0. The second-order valence-electron chi connectivity index (χ2n) is 15.7. The fourth-order valence-electron chi connectivity index (χ4n) is 10.8. The highest BCUT2D eigenvalue weighted by molar-refractivity contribution is 5.96. The number of ether oxygens (including phenoxy) is 2. The van der Waals surface area contributed by atoms with Crippen LogP contribution in [0.25, 0.3) is 4.85 Å². The monoisotopic (exact) mass is 549 g/mol. The van der Waals surface area contributed by atoms with Gasteiger partial charge in [0.25, 0.3) is 0 Å². The van der Waals surface area contributed by atoms with Crippen molar-refractivity contribution in [3.63, 3.8) is 0 Å². The normalized spacial score (nSPS) is 43.1. The van der Waals surface area contributed by atoms with Gasteiger partial charge in [-0.05, 0) is 90.9 Å². The zero-order valence-corrected chi connectivity index (χ0v) is 26.0. The molecule has 3 saturated carbocycles. The van der Waals surface area contributed by atoms with Crippen LogP contribution < -0.4 is 0 Å². The number of carbonyl (C=O) groups is 3. The summed E-state index contributed by atoms with van der Waals surface area (Å²) in [7, 11) is 1.49. The highest BCUT2D eigenvalue weighted by Crippen LogP contribution is 2.75. The lowest BCUT2D eigenvalue weighted by Crippen LogP contribution is -2.65. The molecule has 0 unspecified atom stereocenters. The molecule has 218 valence electrons. The van der Waals surface area contributed by atoms with Gasteiger partial charge in [0.1, 0.15) is 5.76 Å². The van der Waals surface area contributed by atoms with Gasteiger partial charge < -0.3 is 9.47 Å². The van der Waals surface area contributed by atoms with Gasteiger partial charge in [0.05, 0.1) is 19.1 Å². The maximum atomic E-state index is 14.5. The number of methoxy groups -OCH3 is 1. The van der Waals surface area contributed by atoms with Gasteiger partial charge in [-0.1, -0.05) is 54.0 Å². The van der Waals surface area contributed by atoms with Crippen LogP contribution in [-0.2, 0) is 23.9 Å². The standard InChI is InChI=1S/C34H47NO5/c1-20(36)40-27-22(35-9)19-31(6)24(30(27,4)5)11-12-32(7)25(31)17-23(37)26-21-18-29(2,3)13-15-34(21,28(38)39-10)16-14-33(26,32)8/h17,21,24,26H,11-16,18-19H2,1-8,10H3/t21-,24-,26-,31-,32+,33+,34-/m0/s1. The Bertz CT molecular complexity index is 1280. The van der Waals surface area contributed by atoms with Gasteiger partial charge in [0.15, 0.2) is 5.78 Å². The van der Waals surface area contributed by atoms with Crippen LogP contribution in [0.4, 0.5) is 0 Å². The molecule has 0 heterocycles. The van der Waals surface area contributed by atoms with Crippen LogP contribution in [0.2, 0.25) is 0 Å². The highest BCUT2D eigenvalue weighted by atomic mass is 16.5. The Kier molecular flexibility index (Phi) is 6.39. The Balaban J connectivity index is 1.67. The molecule has 5 aliphatic carbocycles. The van der Waals surface area contributed by atoms with Crippen LogP contribution in [0.15, 0.2) is 23.1 Å². The van der Waals surface area contributed by atoms with Gasteiger partial charge in [-0.25, -0.2) is 4.85 Å². The van der Waals surface area contributed by atoms with Gasteiger partial charge in [-0.3, -0.25) is 14.4 Å². The Morgan fingerprint density at radius 3 is 2.25 bits per heavy atom. The maximum Gasteiger partial charge on any atom is 0.312 e. The lowest BCUT2D eigenvalue weighted by molar-refractivity contribution is -0.192. The number of carbonyl (C=O) groups excluding carboxylic acids is 3. The van der Waals surface area contributed by atoms with Gasteiger partial charge in [0.2, 0.25) is 5.70 Å². The van der Waals surface area contributed by atoms with E-state index in [4.69, 9.17) is 16.0 Å². The molecule has 0 aromatic carbocycles. The molecule has 6 nitrogen and oxygen atoms in total. The van der Waals surface area contributed by atoms with Gasteiger partial charge >= 0.3 is 11.9 Å². The summed E-state index contributed by atoms with van der Waals surface area (Å²) in [5.41, 5.74) is -0.372. The lowest BCUT2D eigenvalue weighted by atomic mass is 9.34. The smallest absolute Gasteiger partial charge is 0.312 e. The molecule has 0 aromatic rings. The van der Waals surface area contributed by atoms with Crippen molar-refractivity contribution in [1.82, 2.24) is 0 Å². The minimum absolute atomic E-state index is 0.0489. The van der Waals surface area contributed by atoms with Crippen molar-refractivity contribution in [3.8, 4) is 0 Å². The number of ketones is 1. The van der Waals surface area contributed by atoms with Gasteiger partial charge in [-0.15, -0.1) is 0 Å². The molecule has 5 rings (SSSR count). The fourth-order valence-corrected chi connectivity index (χ4v) is 10.8. The third-order valence-corrected chi connectivity index (χ3v) is 12.9. The second-order valence-corrected chi connectivity index (χ2v) is 15.7. The third kappa shape index (κ3) is 3.61. The van der Waals surface area contributed by atoms with E-state index in [0.717, 1.165) is 50.5 Å². The van der Waals surface area contributed by atoms with E-state index in [1.807, 2.05) is 6.08 Å². The number of esters is 2. The quantitative estimate of drug-likeness (QED) is 0.264. The van der Waals surface area contributed by atoms with Crippen molar-refractivity contribution in [1.29, 1.82) is 0 Å². The number of hydrogen-bond donors (Lipinski definition) is 0. The molecule has 5 aliphatic rings. The summed E-state index contributed by atoms with van der Waals surface area (Å²) in [6.07, 6.45) is 8.38. The minimum atomic E-state index is -0.599. The first-order valence-electron chi connectivity index (χ1n) is 15.1. The third-order valence-electron chi connectivity index (χ3n) is 12.9. The highest BCUT2D eigenvalue weighted by Gasteiger charge is 2.71. The van der Waals surface area contributed by atoms with Crippen LogP contribution in [0.3, 0.4) is 0 Å². The van der Waals surface area contributed by atoms with E-state index < -0.39 is 22.2 Å². The molecule has 0 radical (unpaired) electrons. The van der Waals surface area contributed by atoms with E-state index in [-0.39, 0.29) is 45.8 Å². The molecule has 6 heteroatoms. The SMILES string of the molecule is [C-]#[N+]C1=C(OC(C)=O)C(C)(C)[C@@H]2CC[C@]3(C)C(=CC(=O)[C@@H]4[C@@H]5CC(C)(C)CC[C@]5(C(=O)OC)CC[C@]43C)[C@@]2(C)C1. The van der Waals surface area contributed by atoms with Crippen molar-refractivity contribution < 1.29 is 23.9 Å². The summed E-state index contributed by atoms with van der Waals surface area (Å²) in [5.74, 6) is -0.0641.